The minimum atomic E-state index is -0.471. The van der Waals surface area contributed by atoms with Crippen LogP contribution in [0.25, 0.3) is 0 Å². The average molecular weight is 578 g/mol. The number of anilines is 2. The Labute approximate surface area is 241 Å². The number of thiazole rings is 1. The van der Waals surface area contributed by atoms with Crippen molar-refractivity contribution in [2.45, 2.75) is 20.0 Å². The van der Waals surface area contributed by atoms with Crippen molar-refractivity contribution in [3.8, 4) is 17.2 Å². The van der Waals surface area contributed by atoms with Gasteiger partial charge in [-0.15, -0.1) is 11.3 Å². The lowest BCUT2D eigenvalue weighted by atomic mass is 10.0. The summed E-state index contributed by atoms with van der Waals surface area (Å²) in [6.45, 7) is 7.28. The van der Waals surface area contributed by atoms with Gasteiger partial charge in [-0.3, -0.25) is 10.3 Å². The van der Waals surface area contributed by atoms with Gasteiger partial charge in [-0.05, 0) is 44.2 Å². The van der Waals surface area contributed by atoms with E-state index in [1.54, 1.807) is 36.5 Å². The van der Waals surface area contributed by atoms with Crippen LogP contribution >= 0.6 is 11.3 Å². The molecular formula is C29H32FN7O3S. The summed E-state index contributed by atoms with van der Waals surface area (Å²) in [5, 5.41) is 13.1. The van der Waals surface area contributed by atoms with Crippen LogP contribution in [0.1, 0.15) is 27.4 Å². The number of rotatable bonds is 12. The topological polar surface area (TPSA) is 132 Å². The summed E-state index contributed by atoms with van der Waals surface area (Å²) >= 11 is 1.53. The van der Waals surface area contributed by atoms with E-state index in [4.69, 9.17) is 25.4 Å². The first-order valence-electron chi connectivity index (χ1n) is 13.3. The smallest absolute Gasteiger partial charge is 0.141 e. The molecule has 0 unspecified atom stereocenters. The zero-order chi connectivity index (χ0) is 28.6. The number of benzene rings is 2. The summed E-state index contributed by atoms with van der Waals surface area (Å²) in [4.78, 5) is 16.0. The molecule has 1 aliphatic rings. The molecule has 3 heterocycles. The molecular weight excluding hydrogens is 545 g/mol. The van der Waals surface area contributed by atoms with Crippen molar-refractivity contribution < 1.29 is 18.6 Å². The van der Waals surface area contributed by atoms with Crippen LogP contribution in [-0.4, -0.2) is 65.0 Å². The Hall–Kier alpha value is -4.13. The average Bonchev–Trinajstić information content (AvgIpc) is 3.39. The highest BCUT2D eigenvalue weighted by atomic mass is 32.1. The first kappa shape index (κ1) is 28.4. The van der Waals surface area contributed by atoms with Gasteiger partial charge in [0.05, 0.1) is 34.4 Å². The second-order valence-corrected chi connectivity index (χ2v) is 10.8. The third kappa shape index (κ3) is 7.75. The van der Waals surface area contributed by atoms with E-state index in [9.17, 15) is 4.39 Å². The van der Waals surface area contributed by atoms with Crippen LogP contribution in [0.2, 0.25) is 0 Å². The lowest BCUT2D eigenvalue weighted by Crippen LogP contribution is -2.37. The van der Waals surface area contributed by atoms with Crippen LogP contribution in [0.4, 0.5) is 16.0 Å². The molecule has 1 saturated heterocycles. The van der Waals surface area contributed by atoms with Crippen molar-refractivity contribution in [2.75, 3.05) is 50.4 Å². The van der Waals surface area contributed by atoms with Crippen molar-refractivity contribution >= 4 is 28.7 Å². The Morgan fingerprint density at radius 3 is 2.63 bits per heavy atom. The molecule has 4 N–H and O–H groups in total. The monoisotopic (exact) mass is 577 g/mol. The molecule has 0 bridgehead atoms. The summed E-state index contributed by atoms with van der Waals surface area (Å²) in [6.07, 6.45) is 4.06. The van der Waals surface area contributed by atoms with Gasteiger partial charge >= 0.3 is 0 Å². The molecule has 1 fully saturated rings. The summed E-state index contributed by atoms with van der Waals surface area (Å²) in [5.41, 5.74) is 7.41. The van der Waals surface area contributed by atoms with Crippen molar-refractivity contribution in [3.05, 3.63) is 81.8 Å². The molecule has 41 heavy (non-hydrogen) atoms. The number of hydrogen-bond donors (Lipinski definition) is 3. The van der Waals surface area contributed by atoms with Gasteiger partial charge in [0.2, 0.25) is 0 Å². The predicted molar refractivity (Wildman–Crippen MR) is 157 cm³/mol. The fourth-order valence-corrected chi connectivity index (χ4v) is 5.10. The quantitative estimate of drug-likeness (QED) is 0.159. The van der Waals surface area contributed by atoms with E-state index < -0.39 is 5.82 Å². The maximum Gasteiger partial charge on any atom is 0.141 e. The van der Waals surface area contributed by atoms with Gasteiger partial charge in [-0.2, -0.15) is 0 Å². The number of aromatic nitrogens is 3. The minimum absolute atomic E-state index is 0.185. The molecule has 4 aromatic rings. The molecule has 214 valence electrons. The number of nitrogens with two attached hydrogens (primary N) is 1. The highest BCUT2D eigenvalue weighted by Gasteiger charge is 2.17. The molecule has 0 amide bonds. The summed E-state index contributed by atoms with van der Waals surface area (Å²) < 4.78 is 31.3. The molecule has 12 heteroatoms. The highest BCUT2D eigenvalue weighted by molar-refractivity contribution is 7.11. The number of nitrogens with one attached hydrogen (secondary N) is 2. The molecule has 2 aromatic heterocycles. The van der Waals surface area contributed by atoms with Gasteiger partial charge in [0.1, 0.15) is 47.6 Å². The number of morpholine rings is 1. The number of ether oxygens (including phenoxy) is 3. The molecule has 0 atom stereocenters. The Kier molecular flexibility index (Phi) is 9.34. The minimum Gasteiger partial charge on any atom is -0.488 e. The van der Waals surface area contributed by atoms with Gasteiger partial charge in [-0.25, -0.2) is 19.3 Å². The summed E-state index contributed by atoms with van der Waals surface area (Å²) in [5.74, 6) is 1.41. The standard InChI is InChI=1S/C29H32FN7O3S/c1-19-34-16-25(41-19)17-39-23-13-21(30)14-24(15-23)40-22-5-3-20(4-6-22)27(31)26-28(32)35-18-36-29(26)33-7-2-8-37-9-11-38-12-10-37/h3-6,13-16,18,31H,2,7-12,17H2,1H3,(H3,32,33,35,36). The third-order valence-corrected chi connectivity index (χ3v) is 7.33. The number of nitrogen functional groups attached to an aromatic ring is 1. The zero-order valence-corrected chi connectivity index (χ0v) is 23.5. The van der Waals surface area contributed by atoms with E-state index in [1.807, 2.05) is 6.92 Å². The van der Waals surface area contributed by atoms with Crippen molar-refractivity contribution in [1.82, 2.24) is 19.9 Å². The van der Waals surface area contributed by atoms with Gasteiger partial charge in [0.15, 0.2) is 0 Å². The van der Waals surface area contributed by atoms with E-state index in [2.05, 4.69) is 25.2 Å². The predicted octanol–water partition coefficient (Wildman–Crippen LogP) is 4.88. The number of aryl methyl sites for hydroxylation is 1. The number of nitrogens with zero attached hydrogens (tertiary/aromatic N) is 4. The maximum atomic E-state index is 14.3. The van der Waals surface area contributed by atoms with Gasteiger partial charge in [0, 0.05) is 49.6 Å². The van der Waals surface area contributed by atoms with Crippen molar-refractivity contribution in [1.29, 1.82) is 5.41 Å². The molecule has 0 spiro atoms. The van der Waals surface area contributed by atoms with E-state index in [0.29, 0.717) is 47.3 Å². The van der Waals surface area contributed by atoms with Crippen LogP contribution in [0.5, 0.6) is 17.2 Å². The van der Waals surface area contributed by atoms with Gasteiger partial charge < -0.3 is 25.3 Å². The lowest BCUT2D eigenvalue weighted by Gasteiger charge is -2.26. The van der Waals surface area contributed by atoms with Crippen molar-refractivity contribution in [2.24, 2.45) is 0 Å². The largest absolute Gasteiger partial charge is 0.488 e. The lowest BCUT2D eigenvalue weighted by molar-refractivity contribution is 0.0378. The second kappa shape index (κ2) is 13.5. The van der Waals surface area contributed by atoms with E-state index >= 15 is 0 Å². The molecule has 0 radical (unpaired) electrons. The molecule has 5 rings (SSSR count). The Morgan fingerprint density at radius 1 is 1.10 bits per heavy atom. The van der Waals surface area contributed by atoms with Crippen LogP contribution in [0.15, 0.2) is 55.0 Å². The van der Waals surface area contributed by atoms with E-state index in [1.165, 1.54) is 29.8 Å². The molecule has 0 aliphatic carbocycles. The molecule has 2 aromatic carbocycles. The first-order valence-corrected chi connectivity index (χ1v) is 14.1. The van der Waals surface area contributed by atoms with Crippen molar-refractivity contribution in [3.63, 3.8) is 0 Å². The molecule has 10 nitrogen and oxygen atoms in total. The van der Waals surface area contributed by atoms with Gasteiger partial charge in [-0.1, -0.05) is 0 Å². The van der Waals surface area contributed by atoms with Crippen LogP contribution in [0.3, 0.4) is 0 Å². The Bertz CT molecular complexity index is 1480. The Morgan fingerprint density at radius 2 is 1.88 bits per heavy atom. The fraction of sp³-hybridized carbons (Fsp3) is 0.310. The second-order valence-electron chi connectivity index (χ2n) is 9.48. The fourth-order valence-electron chi connectivity index (χ4n) is 4.39. The van der Waals surface area contributed by atoms with E-state index in [-0.39, 0.29) is 11.5 Å². The van der Waals surface area contributed by atoms with Crippen LogP contribution in [-0.2, 0) is 11.3 Å². The van der Waals surface area contributed by atoms with Gasteiger partial charge in [0.25, 0.3) is 0 Å². The van der Waals surface area contributed by atoms with Crippen LogP contribution < -0.4 is 20.5 Å². The summed E-state index contributed by atoms with van der Waals surface area (Å²) in [6, 6.07) is 11.1. The first-order chi connectivity index (χ1) is 19.9. The molecule has 0 saturated carbocycles. The third-order valence-electron chi connectivity index (χ3n) is 6.45. The van der Waals surface area contributed by atoms with Crippen LogP contribution in [0, 0.1) is 18.2 Å². The summed E-state index contributed by atoms with van der Waals surface area (Å²) in [7, 11) is 0. The maximum absolute atomic E-state index is 14.3. The number of halogens is 1. The SMILES string of the molecule is Cc1ncc(COc2cc(F)cc(Oc3ccc(C(=N)c4c(N)ncnc4NCCCN4CCOCC4)cc3)c2)s1. The van der Waals surface area contributed by atoms with E-state index in [0.717, 1.165) is 49.2 Å². The normalized spacial score (nSPS) is 13.6. The number of hydrogen-bond acceptors (Lipinski definition) is 11. The zero-order valence-electron chi connectivity index (χ0n) is 22.7. The Balaban J connectivity index is 1.21. The highest BCUT2D eigenvalue weighted by Crippen LogP contribution is 2.29. The molecule has 1 aliphatic heterocycles.